The lowest BCUT2D eigenvalue weighted by Crippen LogP contribution is -2.28. The molecule has 0 radical (unpaired) electrons. The molecular formula is C16H25NO4. The monoisotopic (exact) mass is 295 g/mol. The van der Waals surface area contributed by atoms with Crippen LogP contribution in [0.25, 0.3) is 0 Å². The van der Waals surface area contributed by atoms with Crippen LogP contribution in [0.4, 0.5) is 4.79 Å². The number of amides is 1. The molecule has 0 aliphatic heterocycles. The van der Waals surface area contributed by atoms with Gasteiger partial charge in [0.2, 0.25) is 0 Å². The molecule has 0 spiro atoms. The predicted molar refractivity (Wildman–Crippen MR) is 82.0 cm³/mol. The summed E-state index contributed by atoms with van der Waals surface area (Å²) in [5, 5.41) is 2.62. The van der Waals surface area contributed by atoms with E-state index in [0.717, 1.165) is 24.3 Å². The van der Waals surface area contributed by atoms with Crippen molar-refractivity contribution in [1.82, 2.24) is 5.32 Å². The Bertz CT molecular complexity index is 405. The Kier molecular flexibility index (Phi) is 8.09. The minimum absolute atomic E-state index is 0.204. The Morgan fingerprint density at radius 1 is 1.14 bits per heavy atom. The molecule has 1 unspecified atom stereocenters. The first-order valence-electron chi connectivity index (χ1n) is 7.45. The molecule has 0 saturated carbocycles. The number of ether oxygens (including phenoxy) is 3. The van der Waals surface area contributed by atoms with Crippen molar-refractivity contribution in [2.75, 3.05) is 19.8 Å². The number of benzene rings is 1. The minimum atomic E-state index is -0.405. The maximum absolute atomic E-state index is 11.2. The highest BCUT2D eigenvalue weighted by atomic mass is 16.5. The van der Waals surface area contributed by atoms with Gasteiger partial charge in [0.1, 0.15) is 18.1 Å². The molecule has 1 aromatic carbocycles. The maximum atomic E-state index is 11.2. The number of alkyl carbamates (subject to hydrolysis) is 1. The van der Waals surface area contributed by atoms with E-state index in [-0.39, 0.29) is 6.10 Å². The molecule has 21 heavy (non-hydrogen) atoms. The van der Waals surface area contributed by atoms with Gasteiger partial charge >= 0.3 is 6.09 Å². The lowest BCUT2D eigenvalue weighted by molar-refractivity contribution is 0.144. The number of hydrogen-bond acceptors (Lipinski definition) is 4. The van der Waals surface area contributed by atoms with Crippen LogP contribution in [0.2, 0.25) is 0 Å². The number of carbonyl (C=O) groups is 1. The fourth-order valence-electron chi connectivity index (χ4n) is 1.50. The van der Waals surface area contributed by atoms with Crippen molar-refractivity contribution in [2.45, 2.75) is 39.7 Å². The summed E-state index contributed by atoms with van der Waals surface area (Å²) < 4.78 is 16.1. The molecule has 0 fully saturated rings. The van der Waals surface area contributed by atoms with Crippen LogP contribution in [0.1, 0.15) is 33.6 Å². The van der Waals surface area contributed by atoms with Crippen molar-refractivity contribution in [3.05, 3.63) is 24.3 Å². The van der Waals surface area contributed by atoms with Gasteiger partial charge in [-0.25, -0.2) is 4.79 Å². The Morgan fingerprint density at radius 2 is 1.81 bits per heavy atom. The van der Waals surface area contributed by atoms with E-state index >= 15 is 0 Å². The summed E-state index contributed by atoms with van der Waals surface area (Å²) in [6, 6.07) is 7.47. The van der Waals surface area contributed by atoms with Gasteiger partial charge in [0.15, 0.2) is 0 Å². The summed E-state index contributed by atoms with van der Waals surface area (Å²) in [4.78, 5) is 11.2. The Hall–Kier alpha value is -1.91. The van der Waals surface area contributed by atoms with Crippen LogP contribution in [-0.4, -0.2) is 32.0 Å². The largest absolute Gasteiger partial charge is 0.492 e. The highest BCUT2D eigenvalue weighted by molar-refractivity contribution is 5.66. The molecular weight excluding hydrogens is 270 g/mol. The normalized spacial score (nSPS) is 11.6. The molecule has 1 amide bonds. The first-order chi connectivity index (χ1) is 10.2. The molecule has 1 atom stereocenters. The quantitative estimate of drug-likeness (QED) is 0.710. The smallest absolute Gasteiger partial charge is 0.407 e. The number of nitrogens with one attached hydrogen (secondary N) is 1. The van der Waals surface area contributed by atoms with Gasteiger partial charge in [0.25, 0.3) is 0 Å². The van der Waals surface area contributed by atoms with Crippen LogP contribution in [-0.2, 0) is 4.74 Å². The number of hydrogen-bond donors (Lipinski definition) is 1. The first kappa shape index (κ1) is 17.1. The molecule has 0 bridgehead atoms. The van der Waals surface area contributed by atoms with Gasteiger partial charge in [-0.1, -0.05) is 13.8 Å². The zero-order valence-electron chi connectivity index (χ0n) is 13.1. The lowest BCUT2D eigenvalue weighted by Gasteiger charge is -2.13. The van der Waals surface area contributed by atoms with Crippen LogP contribution in [0.5, 0.6) is 11.5 Å². The van der Waals surface area contributed by atoms with Gasteiger partial charge < -0.3 is 19.5 Å². The van der Waals surface area contributed by atoms with E-state index in [4.69, 9.17) is 14.2 Å². The molecule has 0 heterocycles. The average Bonchev–Trinajstić information content (AvgIpc) is 2.51. The Morgan fingerprint density at radius 3 is 2.43 bits per heavy atom. The van der Waals surface area contributed by atoms with Crippen molar-refractivity contribution in [3.63, 3.8) is 0 Å². The van der Waals surface area contributed by atoms with Gasteiger partial charge in [-0.2, -0.15) is 0 Å². The predicted octanol–water partition coefficient (Wildman–Crippen LogP) is 3.38. The van der Waals surface area contributed by atoms with Gasteiger partial charge in [-0.15, -0.1) is 0 Å². The molecule has 0 aromatic heterocycles. The second-order valence-corrected chi connectivity index (χ2v) is 4.72. The van der Waals surface area contributed by atoms with Gasteiger partial charge in [0, 0.05) is 0 Å². The third-order valence-corrected chi connectivity index (χ3v) is 2.81. The molecule has 0 aliphatic rings. The minimum Gasteiger partial charge on any atom is -0.492 e. The van der Waals surface area contributed by atoms with Gasteiger partial charge in [0.05, 0.1) is 19.3 Å². The zero-order chi connectivity index (χ0) is 15.5. The molecule has 0 aliphatic carbocycles. The average molecular weight is 295 g/mol. The third kappa shape index (κ3) is 7.44. The second kappa shape index (κ2) is 9.91. The van der Waals surface area contributed by atoms with Crippen molar-refractivity contribution in [1.29, 1.82) is 0 Å². The van der Waals surface area contributed by atoms with Gasteiger partial charge in [-0.3, -0.25) is 0 Å². The summed E-state index contributed by atoms with van der Waals surface area (Å²) in [6.45, 7) is 7.31. The molecule has 5 nitrogen and oxygen atoms in total. The van der Waals surface area contributed by atoms with Crippen LogP contribution in [0.15, 0.2) is 24.3 Å². The summed E-state index contributed by atoms with van der Waals surface area (Å²) in [6.07, 6.45) is 1.58. The topological polar surface area (TPSA) is 56.8 Å². The maximum Gasteiger partial charge on any atom is 0.407 e. The highest BCUT2D eigenvalue weighted by Gasteiger charge is 2.02. The van der Waals surface area contributed by atoms with E-state index in [9.17, 15) is 4.79 Å². The van der Waals surface area contributed by atoms with Crippen molar-refractivity contribution < 1.29 is 19.0 Å². The molecule has 0 saturated heterocycles. The summed E-state index contributed by atoms with van der Waals surface area (Å²) in [7, 11) is 0. The molecule has 118 valence electrons. The molecule has 1 N–H and O–H groups in total. The van der Waals surface area contributed by atoms with E-state index in [2.05, 4.69) is 12.2 Å². The zero-order valence-corrected chi connectivity index (χ0v) is 13.1. The van der Waals surface area contributed by atoms with E-state index in [1.54, 1.807) is 0 Å². The fraction of sp³-hybridized carbons (Fsp3) is 0.562. The fourth-order valence-corrected chi connectivity index (χ4v) is 1.50. The van der Waals surface area contributed by atoms with E-state index < -0.39 is 6.09 Å². The summed E-state index contributed by atoms with van der Waals surface area (Å²) in [5.41, 5.74) is 0. The second-order valence-electron chi connectivity index (χ2n) is 4.72. The molecule has 1 rings (SSSR count). The standard InChI is InChI=1S/C16H25NO4/c1-4-11-20-16(18)17-10-12-19-14-6-8-15(9-7-14)21-13(3)5-2/h6-9,13H,4-5,10-12H2,1-3H3,(H,17,18). The summed E-state index contributed by atoms with van der Waals surface area (Å²) in [5.74, 6) is 1.58. The van der Waals surface area contributed by atoms with E-state index in [0.29, 0.717) is 19.8 Å². The Balaban J connectivity index is 2.22. The molecule has 5 heteroatoms. The third-order valence-electron chi connectivity index (χ3n) is 2.81. The number of carbonyl (C=O) groups excluding carboxylic acids is 1. The SMILES string of the molecule is CCCOC(=O)NCCOc1ccc(OC(C)CC)cc1. The Labute approximate surface area is 126 Å². The van der Waals surface area contributed by atoms with Crippen LogP contribution >= 0.6 is 0 Å². The van der Waals surface area contributed by atoms with Crippen LogP contribution in [0, 0.1) is 0 Å². The highest BCUT2D eigenvalue weighted by Crippen LogP contribution is 2.19. The van der Waals surface area contributed by atoms with Crippen molar-refractivity contribution in [3.8, 4) is 11.5 Å². The van der Waals surface area contributed by atoms with E-state index in [1.807, 2.05) is 38.1 Å². The van der Waals surface area contributed by atoms with Crippen LogP contribution < -0.4 is 14.8 Å². The van der Waals surface area contributed by atoms with Gasteiger partial charge in [-0.05, 0) is 44.0 Å². The van der Waals surface area contributed by atoms with Crippen molar-refractivity contribution >= 4 is 6.09 Å². The van der Waals surface area contributed by atoms with Crippen molar-refractivity contribution in [2.24, 2.45) is 0 Å². The summed E-state index contributed by atoms with van der Waals surface area (Å²) >= 11 is 0. The number of rotatable bonds is 9. The molecule has 1 aromatic rings. The van der Waals surface area contributed by atoms with E-state index in [1.165, 1.54) is 0 Å². The lowest BCUT2D eigenvalue weighted by atomic mass is 10.3. The first-order valence-corrected chi connectivity index (χ1v) is 7.45. The van der Waals surface area contributed by atoms with Crippen LogP contribution in [0.3, 0.4) is 0 Å².